The molecule has 7 N–H and O–H groups in total. The van der Waals surface area contributed by atoms with Crippen LogP contribution in [0.2, 0.25) is 0 Å². The van der Waals surface area contributed by atoms with Crippen molar-refractivity contribution in [3.63, 3.8) is 0 Å². The molecule has 0 saturated heterocycles. The van der Waals surface area contributed by atoms with Gasteiger partial charge in [0.1, 0.15) is 5.54 Å². The highest BCUT2D eigenvalue weighted by Gasteiger charge is 2.59. The summed E-state index contributed by atoms with van der Waals surface area (Å²) in [5.41, 5.74) is 12.0. The maximum Gasteiger partial charge on any atom is 0.247 e. The van der Waals surface area contributed by atoms with Gasteiger partial charge in [-0.15, -0.1) is 0 Å². The molecule has 298 valence electrons. The number of nitrogens with zero attached hydrogens (tertiary/aromatic N) is 1. The van der Waals surface area contributed by atoms with E-state index in [2.05, 4.69) is 10.6 Å². The maximum atomic E-state index is 15.5. The first-order valence-electron chi connectivity index (χ1n) is 19.5. The number of hydrogen-bond donors (Lipinski definition) is 5. The van der Waals surface area contributed by atoms with Gasteiger partial charge in [-0.05, 0) is 59.8 Å². The molecule has 1 saturated carbocycles. The van der Waals surface area contributed by atoms with Crippen molar-refractivity contribution in [2.24, 2.45) is 29.2 Å². The first-order valence-corrected chi connectivity index (χ1v) is 21.1. The van der Waals surface area contributed by atoms with E-state index in [1.807, 2.05) is 58.0 Å². The van der Waals surface area contributed by atoms with Crippen molar-refractivity contribution in [3.8, 4) is 0 Å². The summed E-state index contributed by atoms with van der Waals surface area (Å²) in [7, 11) is -4.01. The van der Waals surface area contributed by atoms with Gasteiger partial charge in [-0.1, -0.05) is 102 Å². The van der Waals surface area contributed by atoms with Crippen LogP contribution in [0.1, 0.15) is 109 Å². The molecule has 1 unspecified atom stereocenters. The fourth-order valence-electron chi connectivity index (χ4n) is 8.29. The molecule has 0 spiro atoms. The highest BCUT2D eigenvalue weighted by atomic mass is 32.2. The van der Waals surface area contributed by atoms with Crippen molar-refractivity contribution in [1.29, 1.82) is 0 Å². The topological polar surface area (TPSA) is 202 Å². The summed E-state index contributed by atoms with van der Waals surface area (Å²) in [6.45, 7) is 9.29. The third-order valence-electron chi connectivity index (χ3n) is 10.8. The molecular weight excluding hydrogens is 707 g/mol. The Bertz CT molecular complexity index is 1730. The van der Waals surface area contributed by atoms with E-state index in [0.717, 1.165) is 42.6 Å². The molecule has 12 nitrogen and oxygen atoms in total. The van der Waals surface area contributed by atoms with Gasteiger partial charge in [0.25, 0.3) is 0 Å². The second-order valence-corrected chi connectivity index (χ2v) is 18.2. The Hall–Kier alpha value is -3.65. The number of aliphatic hydroxyl groups excluding tert-OH is 1. The predicted molar refractivity (Wildman–Crippen MR) is 209 cm³/mol. The minimum Gasteiger partial charge on any atom is -0.390 e. The number of sulfone groups is 1. The largest absolute Gasteiger partial charge is 0.390 e. The van der Waals surface area contributed by atoms with Crippen LogP contribution in [0.25, 0.3) is 0 Å². The average molecular weight is 768 g/mol. The van der Waals surface area contributed by atoms with Crippen LogP contribution in [0, 0.1) is 17.8 Å². The van der Waals surface area contributed by atoms with Crippen molar-refractivity contribution in [3.05, 3.63) is 65.2 Å². The average Bonchev–Trinajstić information content (AvgIpc) is 3.40. The van der Waals surface area contributed by atoms with E-state index in [9.17, 15) is 27.9 Å². The molecule has 0 radical (unpaired) electrons. The van der Waals surface area contributed by atoms with Gasteiger partial charge in [0.05, 0.1) is 35.3 Å². The van der Waals surface area contributed by atoms with E-state index in [4.69, 9.17) is 11.5 Å². The summed E-state index contributed by atoms with van der Waals surface area (Å²) in [5.74, 6) is -4.42. The smallest absolute Gasteiger partial charge is 0.247 e. The second kappa shape index (κ2) is 18.8. The molecule has 1 heterocycles. The van der Waals surface area contributed by atoms with E-state index in [-0.39, 0.29) is 54.4 Å². The number of aliphatic hydroxyl groups is 1. The van der Waals surface area contributed by atoms with Crippen LogP contribution >= 0.6 is 0 Å². The Labute approximate surface area is 321 Å². The summed E-state index contributed by atoms with van der Waals surface area (Å²) in [5, 5.41) is 17.6. The normalized spacial score (nSPS) is 19.7. The van der Waals surface area contributed by atoms with Crippen molar-refractivity contribution >= 4 is 33.5 Å². The van der Waals surface area contributed by atoms with Gasteiger partial charge < -0.3 is 27.2 Å². The van der Waals surface area contributed by atoms with Crippen molar-refractivity contribution in [2.75, 3.05) is 12.3 Å². The lowest BCUT2D eigenvalue weighted by atomic mass is 9.72. The number of carbonyl (C=O) groups is 4. The van der Waals surface area contributed by atoms with Crippen LogP contribution in [0.15, 0.2) is 53.4 Å². The minimum absolute atomic E-state index is 0.00142. The summed E-state index contributed by atoms with van der Waals surface area (Å²) in [4.78, 5) is 58.1. The molecule has 1 aliphatic heterocycles. The van der Waals surface area contributed by atoms with Crippen LogP contribution < -0.4 is 22.1 Å². The lowest BCUT2D eigenvalue weighted by Crippen LogP contribution is -2.69. The van der Waals surface area contributed by atoms with Crippen LogP contribution in [-0.4, -0.2) is 78.1 Å². The minimum atomic E-state index is -4.01. The summed E-state index contributed by atoms with van der Waals surface area (Å²) in [6.07, 6.45) is 3.63. The molecule has 4 amide bonds. The number of nitrogens with two attached hydrogens (primary N) is 2. The Balaban J connectivity index is 1.89. The molecule has 0 aromatic heterocycles. The van der Waals surface area contributed by atoms with Crippen LogP contribution in [-0.2, 0) is 42.0 Å². The van der Waals surface area contributed by atoms with Crippen LogP contribution in [0.5, 0.6) is 0 Å². The van der Waals surface area contributed by atoms with Crippen molar-refractivity contribution in [1.82, 2.24) is 15.5 Å². The van der Waals surface area contributed by atoms with E-state index < -0.39 is 63.0 Å². The van der Waals surface area contributed by atoms with Gasteiger partial charge in [-0.3, -0.25) is 24.1 Å². The fraction of sp³-hybridized carbons (Fsp3) is 0.610. The highest BCUT2D eigenvalue weighted by Crippen LogP contribution is 2.48. The highest BCUT2D eigenvalue weighted by molar-refractivity contribution is 7.91. The summed E-state index contributed by atoms with van der Waals surface area (Å²) >= 11 is 0. The number of nitrogens with one attached hydrogen (secondary N) is 2. The van der Waals surface area contributed by atoms with Crippen molar-refractivity contribution in [2.45, 2.75) is 133 Å². The molecular formula is C41H61N5O7S. The molecule has 13 heteroatoms. The quantitative estimate of drug-likeness (QED) is 0.159. The molecule has 0 bridgehead atoms. The molecule has 4 rings (SSSR count). The van der Waals surface area contributed by atoms with E-state index in [0.29, 0.717) is 24.1 Å². The third kappa shape index (κ3) is 10.3. The molecule has 1 fully saturated rings. The maximum absolute atomic E-state index is 15.5. The summed E-state index contributed by atoms with van der Waals surface area (Å²) in [6, 6.07) is 11.7. The number of carbonyl (C=O) groups excluding carboxylic acids is 4. The number of benzene rings is 2. The van der Waals surface area contributed by atoms with Gasteiger partial charge in [0.15, 0.2) is 9.84 Å². The molecule has 5 atom stereocenters. The lowest BCUT2D eigenvalue weighted by Gasteiger charge is -2.47. The van der Waals surface area contributed by atoms with Gasteiger partial charge >= 0.3 is 0 Å². The lowest BCUT2D eigenvalue weighted by molar-refractivity contribution is -0.162. The van der Waals surface area contributed by atoms with Crippen LogP contribution in [0.4, 0.5) is 0 Å². The fourth-order valence-corrected chi connectivity index (χ4v) is 10.3. The Kier molecular flexibility index (Phi) is 15.0. The van der Waals surface area contributed by atoms with Gasteiger partial charge in [-0.25, -0.2) is 8.42 Å². The zero-order chi connectivity index (χ0) is 39.8. The zero-order valence-electron chi connectivity index (χ0n) is 32.6. The number of imide groups is 1. The van der Waals surface area contributed by atoms with Gasteiger partial charge in [0, 0.05) is 25.9 Å². The Morgan fingerprint density at radius 3 is 2.22 bits per heavy atom. The van der Waals surface area contributed by atoms with E-state index in [1.54, 1.807) is 12.1 Å². The Morgan fingerprint density at radius 1 is 0.963 bits per heavy atom. The molecule has 54 heavy (non-hydrogen) atoms. The molecule has 2 aromatic carbocycles. The number of hydrogen-bond acceptors (Lipinski definition) is 9. The van der Waals surface area contributed by atoms with Gasteiger partial charge in [0.2, 0.25) is 23.6 Å². The standard InChI is InChI=1S/C41H61N5O7S/c1-26(2)22-41(33-25-54(52,53)37-20-31(23-42)16-17-32(33)37,46(28(5)47)39(50)34(43)18-29-12-8-6-9-13-29)40(51)45-35(19-30-14-10-7-11-15-30)36(48)21-38(49)44-24-27(3)4/h6,8-9,12-13,16-17,20,26-27,30,33-36,48H,7,10-11,14-15,18-19,21-25,42-43H2,1-5H3,(H,44,49)(H,45,51)/t33?,34-,35-,36-,41-/m0/s1. The monoisotopic (exact) mass is 767 g/mol. The van der Waals surface area contributed by atoms with Crippen molar-refractivity contribution < 1.29 is 32.7 Å². The van der Waals surface area contributed by atoms with E-state index >= 15 is 4.79 Å². The predicted octanol–water partition coefficient (Wildman–Crippen LogP) is 3.72. The second-order valence-electron chi connectivity index (χ2n) is 16.2. The number of amides is 4. The zero-order valence-corrected chi connectivity index (χ0v) is 33.4. The number of fused-ring (bicyclic) bond motifs is 1. The first kappa shape index (κ1) is 43.1. The Morgan fingerprint density at radius 2 is 1.63 bits per heavy atom. The molecule has 2 aliphatic rings. The number of rotatable bonds is 17. The summed E-state index contributed by atoms with van der Waals surface area (Å²) < 4.78 is 28.0. The molecule has 2 aromatic rings. The first-order chi connectivity index (χ1) is 25.5. The van der Waals surface area contributed by atoms with Crippen LogP contribution in [0.3, 0.4) is 0 Å². The van der Waals surface area contributed by atoms with Gasteiger partial charge in [-0.2, -0.15) is 0 Å². The third-order valence-corrected chi connectivity index (χ3v) is 12.6. The van der Waals surface area contributed by atoms with E-state index in [1.165, 1.54) is 13.0 Å². The molecule has 1 aliphatic carbocycles. The SMILES string of the molecule is CC(=O)N(C(=O)[C@@H](N)Cc1ccccc1)[C@](CC(C)C)(C(=O)N[C@@H](CC1CCCCC1)[C@@H](O)CC(=O)NCC(C)C)C1CS(=O)(=O)c2cc(CN)ccc21.